The van der Waals surface area contributed by atoms with Gasteiger partial charge in [0.25, 0.3) is 0 Å². The summed E-state index contributed by atoms with van der Waals surface area (Å²) < 4.78 is 0. The molecule has 0 fully saturated rings. The molecule has 0 saturated heterocycles. The first-order valence-corrected chi connectivity index (χ1v) is 6.56. The molecule has 6 heteroatoms. The molecule has 1 amide bonds. The van der Waals surface area contributed by atoms with Gasteiger partial charge in [-0.15, -0.1) is 10.2 Å². The van der Waals surface area contributed by atoms with Crippen LogP contribution in [-0.2, 0) is 4.79 Å². The molecule has 2 rings (SSSR count). The number of hydrogen-bond acceptors (Lipinski definition) is 5. The van der Waals surface area contributed by atoms with Gasteiger partial charge in [0, 0.05) is 31.4 Å². The number of amides is 1. The first-order valence-electron chi connectivity index (χ1n) is 5.74. The molecule has 0 aliphatic heterocycles. The molecule has 5 nitrogen and oxygen atoms in total. The third-order valence-electron chi connectivity index (χ3n) is 2.40. The Morgan fingerprint density at radius 3 is 2.67 bits per heavy atom. The highest BCUT2D eigenvalue weighted by Gasteiger charge is 2.16. The minimum Gasteiger partial charge on any atom is -0.287 e. The Morgan fingerprint density at radius 1 is 1.33 bits per heavy atom. The minimum atomic E-state index is -0.00530. The van der Waals surface area contributed by atoms with E-state index in [1.807, 2.05) is 19.1 Å². The molecule has 18 heavy (non-hydrogen) atoms. The van der Waals surface area contributed by atoms with Crippen molar-refractivity contribution in [1.29, 1.82) is 0 Å². The maximum absolute atomic E-state index is 11.5. The van der Waals surface area contributed by atoms with E-state index in [0.717, 1.165) is 17.0 Å². The van der Waals surface area contributed by atoms with E-state index in [9.17, 15) is 4.79 Å². The van der Waals surface area contributed by atoms with Gasteiger partial charge in [-0.3, -0.25) is 14.7 Å². The molecule has 0 N–H and O–H groups in total. The average molecular weight is 262 g/mol. The number of nitrogens with zero attached hydrogens (tertiary/aromatic N) is 4. The van der Waals surface area contributed by atoms with Crippen molar-refractivity contribution in [3.63, 3.8) is 0 Å². The van der Waals surface area contributed by atoms with Crippen LogP contribution >= 0.6 is 11.3 Å². The molecule has 0 spiro atoms. The summed E-state index contributed by atoms with van der Waals surface area (Å²) in [7, 11) is 0. The van der Waals surface area contributed by atoms with Gasteiger partial charge in [0.15, 0.2) is 0 Å². The number of anilines is 1. The molecule has 0 aliphatic rings. The van der Waals surface area contributed by atoms with Crippen molar-refractivity contribution in [1.82, 2.24) is 15.2 Å². The Kier molecular flexibility index (Phi) is 3.99. The molecule has 0 radical (unpaired) electrons. The first-order chi connectivity index (χ1) is 8.72. The molecule has 0 aromatic carbocycles. The van der Waals surface area contributed by atoms with Gasteiger partial charge in [-0.05, 0) is 18.6 Å². The van der Waals surface area contributed by atoms with Gasteiger partial charge in [0.1, 0.15) is 5.01 Å². The summed E-state index contributed by atoms with van der Waals surface area (Å²) >= 11 is 1.42. The molecule has 0 saturated carbocycles. The third kappa shape index (κ3) is 2.70. The van der Waals surface area contributed by atoms with Gasteiger partial charge in [-0.1, -0.05) is 18.3 Å². The van der Waals surface area contributed by atoms with Gasteiger partial charge in [0.05, 0.1) is 0 Å². The second-order valence-electron chi connectivity index (χ2n) is 3.80. The van der Waals surface area contributed by atoms with Crippen molar-refractivity contribution in [3.8, 4) is 10.6 Å². The third-order valence-corrected chi connectivity index (χ3v) is 3.40. The van der Waals surface area contributed by atoms with Gasteiger partial charge in [-0.25, -0.2) is 0 Å². The minimum absolute atomic E-state index is 0.00530. The van der Waals surface area contributed by atoms with Crippen LogP contribution in [0.5, 0.6) is 0 Å². The number of aromatic nitrogens is 3. The zero-order valence-corrected chi connectivity index (χ0v) is 11.1. The van der Waals surface area contributed by atoms with E-state index in [-0.39, 0.29) is 5.91 Å². The van der Waals surface area contributed by atoms with Crippen LogP contribution in [0.25, 0.3) is 10.6 Å². The molecular weight excluding hydrogens is 248 g/mol. The van der Waals surface area contributed by atoms with Crippen LogP contribution in [0.3, 0.4) is 0 Å². The number of hydrogen-bond donors (Lipinski definition) is 0. The largest absolute Gasteiger partial charge is 0.287 e. The summed E-state index contributed by atoms with van der Waals surface area (Å²) in [4.78, 5) is 17.2. The van der Waals surface area contributed by atoms with Crippen LogP contribution in [0.4, 0.5) is 5.13 Å². The Hall–Kier alpha value is -1.82. The van der Waals surface area contributed by atoms with E-state index in [1.165, 1.54) is 11.3 Å². The van der Waals surface area contributed by atoms with Gasteiger partial charge >= 0.3 is 0 Å². The smallest absolute Gasteiger partial charge is 0.225 e. The van der Waals surface area contributed by atoms with Crippen LogP contribution in [0.2, 0.25) is 0 Å². The molecule has 0 unspecified atom stereocenters. The topological polar surface area (TPSA) is 59.0 Å². The van der Waals surface area contributed by atoms with Gasteiger partial charge in [-0.2, -0.15) is 0 Å². The highest BCUT2D eigenvalue weighted by Crippen LogP contribution is 2.28. The average Bonchev–Trinajstić information content (AvgIpc) is 2.86. The standard InChI is InChI=1S/C12H14N4OS/c1-3-8-16(9(2)17)12-15-14-11(18-12)10-4-6-13-7-5-10/h4-7H,3,8H2,1-2H3. The molecule has 0 atom stereocenters. The monoisotopic (exact) mass is 262 g/mol. The van der Waals surface area contributed by atoms with Crippen LogP contribution in [0, 0.1) is 0 Å². The molecular formula is C12H14N4OS. The van der Waals surface area contributed by atoms with Crippen molar-refractivity contribution < 1.29 is 4.79 Å². The van der Waals surface area contributed by atoms with Crippen LogP contribution in [0.1, 0.15) is 20.3 Å². The fourth-order valence-corrected chi connectivity index (χ4v) is 2.47. The fourth-order valence-electron chi connectivity index (χ4n) is 1.55. The molecule has 2 aromatic rings. The Morgan fingerprint density at radius 2 is 2.06 bits per heavy atom. The predicted octanol–water partition coefficient (Wildman–Crippen LogP) is 2.36. The zero-order chi connectivity index (χ0) is 13.0. The molecule has 0 bridgehead atoms. The lowest BCUT2D eigenvalue weighted by molar-refractivity contribution is -0.116. The van der Waals surface area contributed by atoms with Crippen LogP contribution in [-0.4, -0.2) is 27.6 Å². The lowest BCUT2D eigenvalue weighted by Crippen LogP contribution is -2.28. The summed E-state index contributed by atoms with van der Waals surface area (Å²) in [5.41, 5.74) is 0.966. The van der Waals surface area contributed by atoms with E-state index >= 15 is 0 Å². The van der Waals surface area contributed by atoms with Crippen molar-refractivity contribution in [2.75, 3.05) is 11.4 Å². The maximum atomic E-state index is 11.5. The Balaban J connectivity index is 2.27. The summed E-state index contributed by atoms with van der Waals surface area (Å²) in [5, 5.41) is 9.65. The first kappa shape index (κ1) is 12.6. The number of carbonyl (C=O) groups excluding carboxylic acids is 1. The maximum Gasteiger partial charge on any atom is 0.225 e. The lowest BCUT2D eigenvalue weighted by Gasteiger charge is -2.15. The fraction of sp³-hybridized carbons (Fsp3) is 0.333. The van der Waals surface area contributed by atoms with Crippen molar-refractivity contribution >= 4 is 22.4 Å². The molecule has 0 aliphatic carbocycles. The van der Waals surface area contributed by atoms with E-state index in [1.54, 1.807) is 24.2 Å². The number of rotatable bonds is 4. The molecule has 2 heterocycles. The normalized spacial score (nSPS) is 10.3. The van der Waals surface area contributed by atoms with Crippen LogP contribution < -0.4 is 4.90 Å². The highest BCUT2D eigenvalue weighted by atomic mass is 32.1. The highest BCUT2D eigenvalue weighted by molar-refractivity contribution is 7.18. The predicted molar refractivity (Wildman–Crippen MR) is 71.5 cm³/mol. The van der Waals surface area contributed by atoms with Crippen molar-refractivity contribution in [2.24, 2.45) is 0 Å². The summed E-state index contributed by atoms with van der Waals surface area (Å²) in [5.74, 6) is -0.00530. The SMILES string of the molecule is CCCN(C(C)=O)c1nnc(-c2ccncc2)s1. The van der Waals surface area contributed by atoms with Gasteiger partial charge < -0.3 is 0 Å². The van der Waals surface area contributed by atoms with E-state index < -0.39 is 0 Å². The lowest BCUT2D eigenvalue weighted by atomic mass is 10.3. The van der Waals surface area contributed by atoms with Crippen molar-refractivity contribution in [3.05, 3.63) is 24.5 Å². The summed E-state index contributed by atoms with van der Waals surface area (Å²) in [6.45, 7) is 4.24. The second kappa shape index (κ2) is 5.68. The van der Waals surface area contributed by atoms with Crippen molar-refractivity contribution in [2.45, 2.75) is 20.3 Å². The summed E-state index contributed by atoms with van der Waals surface area (Å²) in [6, 6.07) is 3.75. The molecule has 94 valence electrons. The van der Waals surface area contributed by atoms with Crippen LogP contribution in [0.15, 0.2) is 24.5 Å². The van der Waals surface area contributed by atoms with E-state index in [4.69, 9.17) is 0 Å². The second-order valence-corrected chi connectivity index (χ2v) is 4.75. The quantitative estimate of drug-likeness (QED) is 0.848. The zero-order valence-electron chi connectivity index (χ0n) is 10.3. The Labute approximate surface area is 110 Å². The van der Waals surface area contributed by atoms with Gasteiger partial charge in [0.2, 0.25) is 11.0 Å². The number of pyridine rings is 1. The van der Waals surface area contributed by atoms with E-state index in [0.29, 0.717) is 11.7 Å². The summed E-state index contributed by atoms with van der Waals surface area (Å²) in [6.07, 6.45) is 4.32. The number of carbonyl (C=O) groups is 1. The molecule has 2 aromatic heterocycles. The van der Waals surface area contributed by atoms with E-state index in [2.05, 4.69) is 15.2 Å². The Bertz CT molecular complexity index is 526.